The molecule has 19 heavy (non-hydrogen) atoms. The Kier molecular flexibility index (Phi) is 10.5. The fraction of sp³-hybridized carbons (Fsp3) is 0.438. The molecule has 3 nitrogen and oxygen atoms in total. The molecule has 0 amide bonds. The molecule has 3 heteroatoms. The van der Waals surface area contributed by atoms with E-state index < -0.39 is 0 Å². The maximum atomic E-state index is 10.2. The number of hydrogen-bond donors (Lipinski definition) is 1. The maximum absolute atomic E-state index is 10.2. The van der Waals surface area contributed by atoms with Gasteiger partial charge >= 0.3 is 5.97 Å². The summed E-state index contributed by atoms with van der Waals surface area (Å²) in [5.74, 6) is -0.229. The monoisotopic (exact) mass is 264 g/mol. The molecule has 0 saturated carbocycles. The first-order valence-corrected chi connectivity index (χ1v) is 6.47. The van der Waals surface area contributed by atoms with Crippen LogP contribution in [0.2, 0.25) is 0 Å². The highest BCUT2D eigenvalue weighted by atomic mass is 16.5. The molecule has 0 saturated heterocycles. The number of allylic oxidation sites excluding steroid dienone is 1. The summed E-state index contributed by atoms with van der Waals surface area (Å²) < 4.78 is 4.64. The molecule has 0 bridgehead atoms. The van der Waals surface area contributed by atoms with Crippen molar-refractivity contribution in [1.29, 1.82) is 0 Å². The van der Waals surface area contributed by atoms with Crippen molar-refractivity contribution in [1.82, 2.24) is 0 Å². The number of benzene rings is 1. The van der Waals surface area contributed by atoms with Gasteiger partial charge in [0.2, 0.25) is 0 Å². The first-order chi connectivity index (χ1) is 9.06. The van der Waals surface area contributed by atoms with Gasteiger partial charge in [0.1, 0.15) is 6.61 Å². The Morgan fingerprint density at radius 3 is 2.32 bits per heavy atom. The van der Waals surface area contributed by atoms with Gasteiger partial charge in [-0.2, -0.15) is 0 Å². The van der Waals surface area contributed by atoms with E-state index in [0.717, 1.165) is 18.4 Å². The number of esters is 1. The highest BCUT2D eigenvalue weighted by Gasteiger charge is 1.88. The topological polar surface area (TPSA) is 46.5 Å². The summed E-state index contributed by atoms with van der Waals surface area (Å²) in [6, 6.07) is 10.2. The highest BCUT2D eigenvalue weighted by Crippen LogP contribution is 2.00. The largest absolute Gasteiger partial charge is 0.462 e. The van der Waals surface area contributed by atoms with Crippen molar-refractivity contribution >= 4 is 5.97 Å². The fourth-order valence-electron chi connectivity index (χ4n) is 1.25. The lowest BCUT2D eigenvalue weighted by Gasteiger charge is -1.96. The molecule has 0 heterocycles. The molecule has 1 aromatic carbocycles. The van der Waals surface area contributed by atoms with Gasteiger partial charge in [-0.3, -0.25) is 4.79 Å². The van der Waals surface area contributed by atoms with E-state index in [4.69, 9.17) is 5.11 Å². The SMILES string of the molecule is CC(=O)OCC=C(C)C.OCCCc1ccccc1. The molecule has 1 aromatic rings. The maximum Gasteiger partial charge on any atom is 0.302 e. The highest BCUT2D eigenvalue weighted by molar-refractivity contribution is 5.65. The Morgan fingerprint density at radius 1 is 1.21 bits per heavy atom. The van der Waals surface area contributed by atoms with Crippen molar-refractivity contribution in [3.63, 3.8) is 0 Å². The lowest BCUT2D eigenvalue weighted by atomic mass is 10.1. The molecular formula is C16H24O3. The number of carbonyl (C=O) groups excluding carboxylic acids is 1. The number of rotatable bonds is 5. The minimum Gasteiger partial charge on any atom is -0.462 e. The van der Waals surface area contributed by atoms with Gasteiger partial charge in [-0.1, -0.05) is 35.9 Å². The van der Waals surface area contributed by atoms with Crippen LogP contribution in [0, 0.1) is 0 Å². The molecule has 1 N–H and O–H groups in total. The van der Waals surface area contributed by atoms with Crippen LogP contribution in [-0.2, 0) is 16.0 Å². The van der Waals surface area contributed by atoms with E-state index in [9.17, 15) is 4.79 Å². The van der Waals surface area contributed by atoms with Crippen LogP contribution in [0.4, 0.5) is 0 Å². The Balaban J connectivity index is 0.000000344. The van der Waals surface area contributed by atoms with E-state index in [2.05, 4.69) is 16.9 Å². The van der Waals surface area contributed by atoms with Gasteiger partial charge in [0.25, 0.3) is 0 Å². The van der Waals surface area contributed by atoms with Crippen LogP contribution in [0.3, 0.4) is 0 Å². The van der Waals surface area contributed by atoms with Crippen molar-refractivity contribution in [3.05, 3.63) is 47.5 Å². The summed E-state index contributed by atoms with van der Waals surface area (Å²) in [6.07, 6.45) is 3.71. The fourth-order valence-corrected chi connectivity index (χ4v) is 1.25. The van der Waals surface area contributed by atoms with Gasteiger partial charge < -0.3 is 9.84 Å². The zero-order valence-corrected chi connectivity index (χ0v) is 12.1. The predicted molar refractivity (Wildman–Crippen MR) is 77.9 cm³/mol. The second-order valence-electron chi connectivity index (χ2n) is 4.40. The van der Waals surface area contributed by atoms with E-state index >= 15 is 0 Å². The van der Waals surface area contributed by atoms with E-state index in [1.807, 2.05) is 38.1 Å². The van der Waals surface area contributed by atoms with Gasteiger partial charge in [0.05, 0.1) is 0 Å². The second kappa shape index (κ2) is 11.5. The molecule has 0 aromatic heterocycles. The molecule has 0 aliphatic rings. The Bertz CT molecular complexity index is 365. The van der Waals surface area contributed by atoms with Gasteiger partial charge in [-0.15, -0.1) is 0 Å². The normalized spacial score (nSPS) is 9.05. The molecule has 0 radical (unpaired) electrons. The standard InChI is InChI=1S/C9H12O.C7H12O2/c10-8-4-7-9-5-2-1-3-6-9;1-6(2)4-5-9-7(3)8/h1-3,5-6,10H,4,7-8H2;4H,5H2,1-3H3. The zero-order chi connectivity index (χ0) is 14.5. The van der Waals surface area contributed by atoms with Crippen LogP contribution in [0.1, 0.15) is 32.8 Å². The summed E-state index contributed by atoms with van der Waals surface area (Å²) in [4.78, 5) is 10.2. The summed E-state index contributed by atoms with van der Waals surface area (Å²) >= 11 is 0. The van der Waals surface area contributed by atoms with E-state index in [1.165, 1.54) is 12.5 Å². The number of aliphatic hydroxyl groups is 1. The molecule has 0 fully saturated rings. The second-order valence-corrected chi connectivity index (χ2v) is 4.40. The lowest BCUT2D eigenvalue weighted by Crippen LogP contribution is -1.97. The van der Waals surface area contributed by atoms with Crippen LogP contribution >= 0.6 is 0 Å². The molecule has 0 aliphatic heterocycles. The molecule has 1 rings (SSSR count). The van der Waals surface area contributed by atoms with Gasteiger partial charge in [0.15, 0.2) is 0 Å². The van der Waals surface area contributed by atoms with E-state index in [-0.39, 0.29) is 12.6 Å². The van der Waals surface area contributed by atoms with Crippen molar-refractivity contribution in [3.8, 4) is 0 Å². The van der Waals surface area contributed by atoms with Crippen molar-refractivity contribution in [2.75, 3.05) is 13.2 Å². The summed E-state index contributed by atoms with van der Waals surface area (Å²) in [5, 5.41) is 8.53. The van der Waals surface area contributed by atoms with Crippen LogP contribution in [0.5, 0.6) is 0 Å². The average Bonchev–Trinajstić information content (AvgIpc) is 2.37. The van der Waals surface area contributed by atoms with Crippen LogP contribution in [0.15, 0.2) is 42.0 Å². The van der Waals surface area contributed by atoms with Crippen LogP contribution < -0.4 is 0 Å². The van der Waals surface area contributed by atoms with Crippen molar-refractivity contribution < 1.29 is 14.6 Å². The van der Waals surface area contributed by atoms with Crippen molar-refractivity contribution in [2.24, 2.45) is 0 Å². The summed E-state index contributed by atoms with van der Waals surface area (Å²) in [6.45, 7) is 6.01. The Morgan fingerprint density at radius 2 is 1.84 bits per heavy atom. The third-order valence-corrected chi connectivity index (χ3v) is 2.24. The first-order valence-electron chi connectivity index (χ1n) is 6.47. The number of aryl methyl sites for hydroxylation is 1. The first kappa shape index (κ1) is 17.4. The average molecular weight is 264 g/mol. The predicted octanol–water partition coefficient (Wildman–Crippen LogP) is 3.13. The Labute approximate surface area is 115 Å². The number of aliphatic hydroxyl groups excluding tert-OH is 1. The third-order valence-electron chi connectivity index (χ3n) is 2.24. The van der Waals surface area contributed by atoms with Gasteiger partial charge in [-0.25, -0.2) is 0 Å². The number of carbonyl (C=O) groups is 1. The Hall–Kier alpha value is -1.61. The van der Waals surface area contributed by atoms with Crippen molar-refractivity contribution in [2.45, 2.75) is 33.6 Å². The number of ether oxygens (including phenoxy) is 1. The molecule has 0 atom stereocenters. The smallest absolute Gasteiger partial charge is 0.302 e. The quantitative estimate of drug-likeness (QED) is 0.656. The van der Waals surface area contributed by atoms with E-state index in [0.29, 0.717) is 6.61 Å². The molecular weight excluding hydrogens is 240 g/mol. The van der Waals surface area contributed by atoms with E-state index in [1.54, 1.807) is 0 Å². The number of hydrogen-bond acceptors (Lipinski definition) is 3. The third kappa shape index (κ3) is 12.6. The van der Waals surface area contributed by atoms with Gasteiger partial charge in [-0.05, 0) is 38.3 Å². The molecule has 0 spiro atoms. The minimum atomic E-state index is -0.229. The summed E-state index contributed by atoms with van der Waals surface area (Å²) in [5.41, 5.74) is 2.47. The summed E-state index contributed by atoms with van der Waals surface area (Å²) in [7, 11) is 0. The zero-order valence-electron chi connectivity index (χ0n) is 12.1. The van der Waals surface area contributed by atoms with Crippen LogP contribution in [0.25, 0.3) is 0 Å². The minimum absolute atomic E-state index is 0.229. The molecule has 0 aliphatic carbocycles. The molecule has 0 unspecified atom stereocenters. The lowest BCUT2D eigenvalue weighted by molar-refractivity contribution is -0.139. The molecule has 106 valence electrons. The van der Waals surface area contributed by atoms with Gasteiger partial charge in [0, 0.05) is 13.5 Å². The van der Waals surface area contributed by atoms with Crippen LogP contribution in [-0.4, -0.2) is 24.3 Å².